The summed E-state index contributed by atoms with van der Waals surface area (Å²) in [6.45, 7) is 9.78. The molecule has 1 amide bonds. The lowest BCUT2D eigenvalue weighted by atomic mass is 9.82. The van der Waals surface area contributed by atoms with Crippen molar-refractivity contribution < 1.29 is 9.53 Å². The van der Waals surface area contributed by atoms with E-state index in [2.05, 4.69) is 35.2 Å². The molecule has 0 aromatic carbocycles. The van der Waals surface area contributed by atoms with Crippen LogP contribution in [-0.4, -0.2) is 53.6 Å². The summed E-state index contributed by atoms with van der Waals surface area (Å²) in [7, 11) is 0. The fraction of sp³-hybridized carbons (Fsp3) is 0.588. The van der Waals surface area contributed by atoms with Crippen LogP contribution in [0.2, 0.25) is 0 Å². The SMILES string of the molecule is C=CCN1C(=O)COC2(CCN(Cc3ccsc3)CC2)[C@H]1C. The molecule has 0 saturated carbocycles. The van der Waals surface area contributed by atoms with Crippen LogP contribution in [0.3, 0.4) is 0 Å². The van der Waals surface area contributed by atoms with Crippen LogP contribution < -0.4 is 0 Å². The molecular weight excluding hydrogens is 296 g/mol. The van der Waals surface area contributed by atoms with Gasteiger partial charge in [0.1, 0.15) is 6.61 Å². The highest BCUT2D eigenvalue weighted by Crippen LogP contribution is 2.36. The number of hydrogen-bond donors (Lipinski definition) is 0. The number of piperidine rings is 1. The number of rotatable bonds is 4. The van der Waals surface area contributed by atoms with Gasteiger partial charge in [0.25, 0.3) is 0 Å². The van der Waals surface area contributed by atoms with E-state index in [0.717, 1.165) is 32.5 Å². The molecule has 2 aliphatic heterocycles. The molecule has 3 rings (SSSR count). The summed E-state index contributed by atoms with van der Waals surface area (Å²) in [6, 6.07) is 2.31. The van der Waals surface area contributed by atoms with Crippen molar-refractivity contribution in [3.05, 3.63) is 35.0 Å². The van der Waals surface area contributed by atoms with Crippen molar-refractivity contribution in [3.63, 3.8) is 0 Å². The van der Waals surface area contributed by atoms with Crippen molar-refractivity contribution >= 4 is 17.2 Å². The molecule has 0 bridgehead atoms. The highest BCUT2D eigenvalue weighted by atomic mass is 32.1. The lowest BCUT2D eigenvalue weighted by molar-refractivity contribution is -0.185. The van der Waals surface area contributed by atoms with Gasteiger partial charge >= 0.3 is 0 Å². The maximum absolute atomic E-state index is 12.0. The third kappa shape index (κ3) is 2.98. The van der Waals surface area contributed by atoms with Crippen molar-refractivity contribution in [1.82, 2.24) is 9.80 Å². The third-order valence-corrected chi connectivity index (χ3v) is 5.78. The van der Waals surface area contributed by atoms with Crippen molar-refractivity contribution in [2.24, 2.45) is 0 Å². The molecular formula is C17H24N2O2S. The molecule has 2 fully saturated rings. The topological polar surface area (TPSA) is 32.8 Å². The van der Waals surface area contributed by atoms with E-state index in [1.54, 1.807) is 17.4 Å². The molecule has 22 heavy (non-hydrogen) atoms. The second-order valence-corrected chi connectivity index (χ2v) is 7.05. The van der Waals surface area contributed by atoms with Gasteiger partial charge in [0.05, 0.1) is 11.6 Å². The van der Waals surface area contributed by atoms with Crippen molar-refractivity contribution in [2.45, 2.75) is 38.0 Å². The van der Waals surface area contributed by atoms with Gasteiger partial charge in [-0.25, -0.2) is 0 Å². The maximum Gasteiger partial charge on any atom is 0.249 e. The fourth-order valence-corrected chi connectivity index (χ4v) is 4.26. The highest BCUT2D eigenvalue weighted by molar-refractivity contribution is 7.07. The van der Waals surface area contributed by atoms with E-state index in [1.165, 1.54) is 5.56 Å². The van der Waals surface area contributed by atoms with E-state index in [1.807, 2.05) is 4.90 Å². The first-order chi connectivity index (χ1) is 10.6. The number of carbonyl (C=O) groups is 1. The van der Waals surface area contributed by atoms with Crippen LogP contribution >= 0.6 is 11.3 Å². The zero-order chi connectivity index (χ0) is 15.6. The Kier molecular flexibility index (Phi) is 4.66. The van der Waals surface area contributed by atoms with Gasteiger partial charge in [-0.05, 0) is 42.2 Å². The predicted molar refractivity (Wildman–Crippen MR) is 88.9 cm³/mol. The third-order valence-electron chi connectivity index (χ3n) is 5.05. The Bertz CT molecular complexity index is 521. The number of carbonyl (C=O) groups excluding carboxylic acids is 1. The molecule has 0 aliphatic carbocycles. The van der Waals surface area contributed by atoms with Crippen molar-refractivity contribution in [1.29, 1.82) is 0 Å². The Morgan fingerprint density at radius 2 is 2.27 bits per heavy atom. The summed E-state index contributed by atoms with van der Waals surface area (Å²) in [4.78, 5) is 16.4. The molecule has 1 spiro atoms. The number of morpholine rings is 1. The second kappa shape index (κ2) is 6.52. The van der Waals surface area contributed by atoms with Gasteiger partial charge < -0.3 is 9.64 Å². The van der Waals surface area contributed by atoms with Gasteiger partial charge in [-0.3, -0.25) is 9.69 Å². The number of amides is 1. The molecule has 3 heterocycles. The van der Waals surface area contributed by atoms with E-state index in [-0.39, 0.29) is 24.2 Å². The first kappa shape index (κ1) is 15.7. The van der Waals surface area contributed by atoms with Crippen LogP contribution in [0.1, 0.15) is 25.3 Å². The molecule has 1 aromatic rings. The molecule has 0 N–H and O–H groups in total. The molecule has 1 aromatic heterocycles. The van der Waals surface area contributed by atoms with Crippen LogP contribution in [-0.2, 0) is 16.1 Å². The van der Waals surface area contributed by atoms with E-state index >= 15 is 0 Å². The standard InChI is InChI=1S/C17H24N2O2S/c1-3-7-19-14(2)17(21-12-16(19)20)5-8-18(9-6-17)11-15-4-10-22-13-15/h3-4,10,13-14H,1,5-9,11-12H2,2H3/t14-/m1/s1. The Labute approximate surface area is 136 Å². The minimum atomic E-state index is -0.179. The van der Waals surface area contributed by atoms with Crippen LogP contribution in [0.4, 0.5) is 0 Å². The highest BCUT2D eigenvalue weighted by Gasteiger charge is 2.47. The Balaban J connectivity index is 1.63. The zero-order valence-corrected chi connectivity index (χ0v) is 14.0. The maximum atomic E-state index is 12.0. The number of hydrogen-bond acceptors (Lipinski definition) is 4. The number of thiophene rings is 1. The molecule has 0 radical (unpaired) electrons. The molecule has 1 atom stereocenters. The van der Waals surface area contributed by atoms with E-state index < -0.39 is 0 Å². The summed E-state index contributed by atoms with van der Waals surface area (Å²) in [6.07, 6.45) is 3.78. The number of ether oxygens (including phenoxy) is 1. The van der Waals surface area contributed by atoms with E-state index in [0.29, 0.717) is 6.54 Å². The van der Waals surface area contributed by atoms with Crippen molar-refractivity contribution in [3.8, 4) is 0 Å². The molecule has 2 saturated heterocycles. The van der Waals surface area contributed by atoms with E-state index in [9.17, 15) is 4.79 Å². The summed E-state index contributed by atoms with van der Waals surface area (Å²) in [5, 5.41) is 4.35. The first-order valence-corrected chi connectivity index (χ1v) is 8.87. The van der Waals surface area contributed by atoms with Gasteiger partial charge in [-0.2, -0.15) is 11.3 Å². The Hall–Kier alpha value is -1.17. The Morgan fingerprint density at radius 3 is 2.91 bits per heavy atom. The average Bonchev–Trinajstić information content (AvgIpc) is 3.03. The van der Waals surface area contributed by atoms with Crippen LogP contribution in [0, 0.1) is 0 Å². The van der Waals surface area contributed by atoms with Crippen LogP contribution in [0.5, 0.6) is 0 Å². The minimum absolute atomic E-state index is 0.0822. The number of nitrogens with zero attached hydrogens (tertiary/aromatic N) is 2. The largest absolute Gasteiger partial charge is 0.363 e. The fourth-order valence-electron chi connectivity index (χ4n) is 3.60. The molecule has 120 valence electrons. The monoisotopic (exact) mass is 320 g/mol. The average molecular weight is 320 g/mol. The van der Waals surface area contributed by atoms with Crippen molar-refractivity contribution in [2.75, 3.05) is 26.2 Å². The second-order valence-electron chi connectivity index (χ2n) is 6.27. The van der Waals surface area contributed by atoms with E-state index in [4.69, 9.17) is 4.74 Å². The smallest absolute Gasteiger partial charge is 0.249 e. The lowest BCUT2D eigenvalue weighted by Gasteiger charge is -2.51. The molecule has 0 unspecified atom stereocenters. The normalized spacial score (nSPS) is 25.6. The lowest BCUT2D eigenvalue weighted by Crippen LogP contribution is -2.63. The van der Waals surface area contributed by atoms with Crippen LogP contribution in [0.15, 0.2) is 29.5 Å². The van der Waals surface area contributed by atoms with Gasteiger partial charge in [0.2, 0.25) is 5.91 Å². The summed E-state index contributed by atoms with van der Waals surface area (Å²) >= 11 is 1.75. The molecule has 2 aliphatic rings. The predicted octanol–water partition coefficient (Wildman–Crippen LogP) is 2.52. The zero-order valence-electron chi connectivity index (χ0n) is 13.2. The van der Waals surface area contributed by atoms with Gasteiger partial charge in [-0.15, -0.1) is 6.58 Å². The minimum Gasteiger partial charge on any atom is -0.363 e. The quantitative estimate of drug-likeness (QED) is 0.799. The van der Waals surface area contributed by atoms with Crippen LogP contribution in [0.25, 0.3) is 0 Å². The van der Waals surface area contributed by atoms with Gasteiger partial charge in [-0.1, -0.05) is 6.08 Å². The summed E-state index contributed by atoms with van der Waals surface area (Å²) in [5.74, 6) is 0.0822. The van der Waals surface area contributed by atoms with Gasteiger partial charge in [0.15, 0.2) is 0 Å². The summed E-state index contributed by atoms with van der Waals surface area (Å²) in [5.41, 5.74) is 1.21. The number of likely N-dealkylation sites (tertiary alicyclic amines) is 1. The molecule has 5 heteroatoms. The summed E-state index contributed by atoms with van der Waals surface area (Å²) < 4.78 is 6.04. The molecule has 4 nitrogen and oxygen atoms in total. The van der Waals surface area contributed by atoms with Gasteiger partial charge in [0, 0.05) is 26.2 Å². The first-order valence-electron chi connectivity index (χ1n) is 7.92. The Morgan fingerprint density at radius 1 is 1.50 bits per heavy atom.